The number of halogens is 2. The Hall–Kier alpha value is -1.33. The van der Waals surface area contributed by atoms with Crippen LogP contribution in [0.1, 0.15) is 25.7 Å². The van der Waals surface area contributed by atoms with Gasteiger partial charge in [0.15, 0.2) is 0 Å². The van der Waals surface area contributed by atoms with Crippen molar-refractivity contribution in [3.63, 3.8) is 0 Å². The highest BCUT2D eigenvalue weighted by molar-refractivity contribution is 5.96. The lowest BCUT2D eigenvalue weighted by molar-refractivity contribution is -0.128. The number of rotatable bonds is 5. The number of fused-ring (bicyclic) bond motifs is 1. The average molecular weight is 343 g/mol. The predicted molar refractivity (Wildman–Crippen MR) is 91.1 cm³/mol. The maximum atomic E-state index is 12.8. The molecule has 2 N–H and O–H groups in total. The third-order valence-corrected chi connectivity index (χ3v) is 4.93. The fraction of sp³-hybridized carbons (Fsp3) is 0.588. The third kappa shape index (κ3) is 3.78. The van der Waals surface area contributed by atoms with Crippen molar-refractivity contribution in [3.8, 4) is 5.75 Å². The van der Waals surface area contributed by atoms with E-state index in [2.05, 4.69) is 10.6 Å². The molecule has 1 aliphatic carbocycles. The monoisotopic (exact) mass is 342 g/mol. The van der Waals surface area contributed by atoms with Crippen LogP contribution in [0.4, 0.5) is 10.1 Å². The first-order valence-corrected chi connectivity index (χ1v) is 8.05. The Morgan fingerprint density at radius 2 is 2.30 bits per heavy atom. The Morgan fingerprint density at radius 1 is 1.43 bits per heavy atom. The molecule has 1 saturated heterocycles. The summed E-state index contributed by atoms with van der Waals surface area (Å²) in [5.41, 5.74) is 0.445. The molecule has 1 aromatic rings. The Kier molecular flexibility index (Phi) is 6.25. The number of hydrogen-bond acceptors (Lipinski definition) is 3. The molecule has 2 atom stereocenters. The van der Waals surface area contributed by atoms with E-state index in [1.807, 2.05) is 12.1 Å². The average Bonchev–Trinajstić information content (AvgIpc) is 2.98. The second-order valence-corrected chi connectivity index (χ2v) is 6.25. The molecular weight excluding hydrogens is 319 g/mol. The zero-order valence-electron chi connectivity index (χ0n) is 13.1. The van der Waals surface area contributed by atoms with Crippen molar-refractivity contribution in [2.75, 3.05) is 31.7 Å². The lowest BCUT2D eigenvalue weighted by Crippen LogP contribution is -2.44. The minimum Gasteiger partial charge on any atom is -0.491 e. The first-order valence-electron chi connectivity index (χ1n) is 8.05. The number of hydrogen-bond donors (Lipinski definition) is 2. The summed E-state index contributed by atoms with van der Waals surface area (Å²) in [6, 6.07) is 7.18. The largest absolute Gasteiger partial charge is 0.491 e. The maximum Gasteiger partial charge on any atom is 0.232 e. The molecule has 0 bridgehead atoms. The van der Waals surface area contributed by atoms with Gasteiger partial charge >= 0.3 is 0 Å². The Labute approximate surface area is 142 Å². The lowest BCUT2D eigenvalue weighted by Gasteiger charge is -2.37. The van der Waals surface area contributed by atoms with Crippen molar-refractivity contribution < 1.29 is 13.9 Å². The number of nitrogens with one attached hydrogen (secondary N) is 2. The minimum atomic E-state index is -0.521. The van der Waals surface area contributed by atoms with E-state index in [4.69, 9.17) is 4.74 Å². The van der Waals surface area contributed by atoms with Crippen molar-refractivity contribution >= 4 is 24.0 Å². The summed E-state index contributed by atoms with van der Waals surface area (Å²) in [4.78, 5) is 12.8. The minimum absolute atomic E-state index is 0. The van der Waals surface area contributed by atoms with Crippen LogP contribution in [0.25, 0.3) is 0 Å². The molecule has 1 aliphatic heterocycles. The number of benzene rings is 1. The number of carbonyl (C=O) groups excluding carboxylic acids is 1. The Morgan fingerprint density at radius 3 is 3.13 bits per heavy atom. The smallest absolute Gasteiger partial charge is 0.232 e. The number of ether oxygens (including phenoxy) is 1. The molecule has 6 heteroatoms. The molecule has 1 heterocycles. The molecule has 0 aromatic heterocycles. The fourth-order valence-electron chi connectivity index (χ4n) is 3.77. The third-order valence-electron chi connectivity index (χ3n) is 4.93. The van der Waals surface area contributed by atoms with Gasteiger partial charge in [0.1, 0.15) is 19.0 Å². The summed E-state index contributed by atoms with van der Waals surface area (Å²) in [6.07, 6.45) is 4.41. The van der Waals surface area contributed by atoms with Crippen molar-refractivity contribution in [1.82, 2.24) is 5.32 Å². The molecule has 3 rings (SSSR count). The highest BCUT2D eigenvalue weighted by Gasteiger charge is 2.49. The molecule has 2 aliphatic rings. The van der Waals surface area contributed by atoms with Crippen LogP contribution in [0.15, 0.2) is 24.3 Å². The highest BCUT2D eigenvalue weighted by Crippen LogP contribution is 2.44. The normalized spacial score (nSPS) is 26.0. The molecule has 128 valence electrons. The summed E-state index contributed by atoms with van der Waals surface area (Å²) >= 11 is 0. The number of alkyl halides is 1. The van der Waals surface area contributed by atoms with Gasteiger partial charge in [0.25, 0.3) is 0 Å². The van der Waals surface area contributed by atoms with Gasteiger partial charge in [-0.25, -0.2) is 4.39 Å². The molecule has 1 saturated carbocycles. The van der Waals surface area contributed by atoms with Gasteiger partial charge in [0, 0.05) is 18.3 Å². The van der Waals surface area contributed by atoms with E-state index in [1.54, 1.807) is 12.1 Å². The Balaban J connectivity index is 0.00000192. The van der Waals surface area contributed by atoms with Crippen LogP contribution in [0.5, 0.6) is 5.75 Å². The highest BCUT2D eigenvalue weighted by atomic mass is 35.5. The van der Waals surface area contributed by atoms with E-state index >= 15 is 0 Å². The standard InChI is InChI=1S/C17H23FN2O2.ClH/c18-8-9-22-15-6-3-5-14(10-15)20-16(21)17-7-2-1-4-13(17)11-19-12-17;/h3,5-6,10,13,19H,1-2,4,7-9,11-12H2,(H,20,21);1H/t13-,17+;/m0./s1. The summed E-state index contributed by atoms with van der Waals surface area (Å²) in [5.74, 6) is 1.12. The van der Waals surface area contributed by atoms with Gasteiger partial charge in [0.2, 0.25) is 5.91 Å². The lowest BCUT2D eigenvalue weighted by atomic mass is 9.67. The molecule has 1 aromatic carbocycles. The van der Waals surface area contributed by atoms with Crippen LogP contribution >= 0.6 is 12.4 Å². The van der Waals surface area contributed by atoms with Crippen LogP contribution in [0, 0.1) is 11.3 Å². The quantitative estimate of drug-likeness (QED) is 0.864. The molecule has 2 fully saturated rings. The molecule has 4 nitrogen and oxygen atoms in total. The van der Waals surface area contributed by atoms with E-state index in [1.165, 1.54) is 6.42 Å². The van der Waals surface area contributed by atoms with E-state index in [0.717, 1.165) is 32.4 Å². The van der Waals surface area contributed by atoms with Gasteiger partial charge in [-0.2, -0.15) is 0 Å². The van der Waals surface area contributed by atoms with Crippen molar-refractivity contribution in [3.05, 3.63) is 24.3 Å². The van der Waals surface area contributed by atoms with E-state index in [9.17, 15) is 9.18 Å². The number of amides is 1. The summed E-state index contributed by atoms with van der Waals surface area (Å²) in [5, 5.41) is 6.42. The van der Waals surface area contributed by atoms with Gasteiger partial charge in [-0.3, -0.25) is 4.79 Å². The molecule has 1 amide bonds. The fourth-order valence-corrected chi connectivity index (χ4v) is 3.77. The van der Waals surface area contributed by atoms with Crippen LogP contribution in [-0.4, -0.2) is 32.3 Å². The second-order valence-electron chi connectivity index (χ2n) is 6.25. The summed E-state index contributed by atoms with van der Waals surface area (Å²) < 4.78 is 17.4. The molecule has 0 unspecified atom stereocenters. The first-order chi connectivity index (χ1) is 10.7. The zero-order valence-corrected chi connectivity index (χ0v) is 14.0. The molecule has 0 spiro atoms. The van der Waals surface area contributed by atoms with Crippen LogP contribution in [-0.2, 0) is 4.79 Å². The summed E-state index contributed by atoms with van der Waals surface area (Å²) in [7, 11) is 0. The maximum absolute atomic E-state index is 12.8. The van der Waals surface area contributed by atoms with Gasteiger partial charge in [-0.1, -0.05) is 18.9 Å². The summed E-state index contributed by atoms with van der Waals surface area (Å²) in [6.45, 7) is 1.22. The molecular formula is C17H24ClFN2O2. The Bertz CT molecular complexity index is 543. The second kappa shape index (κ2) is 7.97. The SMILES string of the molecule is Cl.O=C(Nc1cccc(OCCF)c1)[C@@]12CCCC[C@H]1CNC2. The van der Waals surface area contributed by atoms with Gasteiger partial charge < -0.3 is 15.4 Å². The van der Waals surface area contributed by atoms with Crippen molar-refractivity contribution in [2.45, 2.75) is 25.7 Å². The number of carbonyl (C=O) groups is 1. The van der Waals surface area contributed by atoms with E-state index < -0.39 is 6.67 Å². The molecule has 23 heavy (non-hydrogen) atoms. The van der Waals surface area contributed by atoms with Crippen molar-refractivity contribution in [1.29, 1.82) is 0 Å². The molecule has 0 radical (unpaired) electrons. The zero-order chi connectivity index (χ0) is 15.4. The van der Waals surface area contributed by atoms with Crippen molar-refractivity contribution in [2.24, 2.45) is 11.3 Å². The van der Waals surface area contributed by atoms with Gasteiger partial charge in [0.05, 0.1) is 5.41 Å². The van der Waals surface area contributed by atoms with Crippen LogP contribution < -0.4 is 15.4 Å². The number of anilines is 1. The van der Waals surface area contributed by atoms with Crippen LogP contribution in [0.3, 0.4) is 0 Å². The van der Waals surface area contributed by atoms with Gasteiger partial charge in [-0.05, 0) is 37.4 Å². The predicted octanol–water partition coefficient (Wildman–Crippen LogP) is 3.18. The van der Waals surface area contributed by atoms with E-state index in [-0.39, 0.29) is 30.3 Å². The van der Waals surface area contributed by atoms with Gasteiger partial charge in [-0.15, -0.1) is 12.4 Å². The first kappa shape index (κ1) is 18.0. The van der Waals surface area contributed by atoms with E-state index in [0.29, 0.717) is 17.4 Å². The van der Waals surface area contributed by atoms with Crippen LogP contribution in [0.2, 0.25) is 0 Å². The topological polar surface area (TPSA) is 50.4 Å².